The molecule has 4 heteroatoms. The van der Waals surface area contributed by atoms with Gasteiger partial charge in [-0.15, -0.1) is 0 Å². The molecule has 0 saturated carbocycles. The van der Waals surface area contributed by atoms with Crippen LogP contribution in [0.4, 0.5) is 0 Å². The third kappa shape index (κ3) is 9.01. The molecule has 0 rings (SSSR count). The maximum atomic E-state index is 4.25. The predicted molar refractivity (Wildman–Crippen MR) is 15.2 cm³/mol. The van der Waals surface area contributed by atoms with Gasteiger partial charge in [-0.1, -0.05) is 0 Å². The van der Waals surface area contributed by atoms with Gasteiger partial charge in [0.25, 0.3) is 0 Å². The predicted octanol–water partition coefficient (Wildman–Crippen LogP) is 1.29. The minimum atomic E-state index is 0.733. The fourth-order valence-electron chi connectivity index (χ4n) is 0. The van der Waals surface area contributed by atoms with Crippen molar-refractivity contribution < 1.29 is 40.2 Å². The Morgan fingerprint density at radius 3 is 1.25 bits per heavy atom. The van der Waals surface area contributed by atoms with Gasteiger partial charge in [-0.25, -0.2) is 0 Å². The van der Waals surface area contributed by atoms with E-state index < -0.39 is 0 Å². The van der Waals surface area contributed by atoms with Crippen LogP contribution in [-0.4, -0.2) is 0 Å². The second-order valence-electron chi connectivity index (χ2n) is 0. The van der Waals surface area contributed by atoms with E-state index in [9.17, 15) is 0 Å². The zero-order chi connectivity index (χ0) is 4.00. The number of hydrogen-bond donors (Lipinski definition) is 0. The molecule has 0 aromatic carbocycles. The van der Waals surface area contributed by atoms with Crippen molar-refractivity contribution in [3.8, 4) is 0 Å². The van der Waals surface area contributed by atoms with Crippen LogP contribution in [0.25, 0.3) is 0 Å². The molecule has 0 atom stereocenters. The number of rotatable bonds is 0. The molecule has 0 fully saturated rings. The van der Waals surface area contributed by atoms with E-state index in [1.807, 2.05) is 0 Å². The molecule has 0 N–H and O–H groups in total. The van der Waals surface area contributed by atoms with Crippen LogP contribution in [0.5, 0.6) is 0 Å². The van der Waals surface area contributed by atoms with E-state index in [1.165, 1.54) is 0 Å². The van der Waals surface area contributed by atoms with Gasteiger partial charge in [0, 0.05) is 0 Å². The molecule has 0 nitrogen and oxygen atoms in total. The van der Waals surface area contributed by atoms with Crippen molar-refractivity contribution in [2.24, 2.45) is 0 Å². The zero-order valence-electron chi connectivity index (χ0n) is 2.23. The summed E-state index contributed by atoms with van der Waals surface area (Å²) in [7, 11) is 8.46. The molecule has 16 valence electrons. The van der Waals surface area contributed by atoms with Crippen molar-refractivity contribution in [3.05, 3.63) is 0 Å². The van der Waals surface area contributed by atoms with Crippen LogP contribution in [0, 0.1) is 0 Å². The first-order chi connectivity index (χ1) is 2.00. The Hall–Kier alpha value is 1.99. The fraction of sp³-hybridized carbons (Fsp3) is 0. The standard InChI is InChI=1S/Cd.2S.Zn. The van der Waals surface area contributed by atoms with Gasteiger partial charge >= 0.3 is 59.0 Å². The van der Waals surface area contributed by atoms with Gasteiger partial charge in [-0.05, 0) is 0 Å². The summed E-state index contributed by atoms with van der Waals surface area (Å²) in [4.78, 5) is 0. The van der Waals surface area contributed by atoms with Gasteiger partial charge in [0.15, 0.2) is 0 Å². The quantitative estimate of drug-likeness (QED) is 0.587. The van der Waals surface area contributed by atoms with Crippen molar-refractivity contribution in [2.45, 2.75) is 0 Å². The Morgan fingerprint density at radius 1 is 1.25 bits per heavy atom. The molecule has 0 amide bonds. The average molecular weight is 242 g/mol. The molecular weight excluding hydrogens is 242 g/mol. The van der Waals surface area contributed by atoms with Crippen LogP contribution in [0.15, 0.2) is 0 Å². The van der Waals surface area contributed by atoms with Crippen LogP contribution < -0.4 is 0 Å². The first-order valence-electron chi connectivity index (χ1n) is 0.577. The molecule has 4 heavy (non-hydrogen) atoms. The van der Waals surface area contributed by atoms with Crippen molar-refractivity contribution in [2.75, 3.05) is 0 Å². The van der Waals surface area contributed by atoms with E-state index >= 15 is 0 Å². The normalized spacial score (nSPS) is 3.00. The maximum absolute atomic E-state index is 4.25. The van der Waals surface area contributed by atoms with Gasteiger partial charge in [-0.3, -0.25) is 0 Å². The van der Waals surface area contributed by atoms with E-state index in [-0.39, 0.29) is 0 Å². The summed E-state index contributed by atoms with van der Waals surface area (Å²) in [5.41, 5.74) is 0. The topological polar surface area (TPSA) is 0 Å². The first kappa shape index (κ1) is 9.37. The molecule has 0 heterocycles. The van der Waals surface area contributed by atoms with Gasteiger partial charge < -0.3 is 0 Å². The third-order valence-corrected chi connectivity index (χ3v) is 0. The van der Waals surface area contributed by atoms with Crippen molar-refractivity contribution in [1.29, 1.82) is 0 Å². The van der Waals surface area contributed by atoms with E-state index in [0.717, 1.165) is 40.2 Å². The summed E-state index contributed by atoms with van der Waals surface area (Å²) in [5.74, 6) is 0. The van der Waals surface area contributed by atoms with Gasteiger partial charge in [0.1, 0.15) is 0 Å². The second kappa shape index (κ2) is 20.1. The summed E-state index contributed by atoms with van der Waals surface area (Å²) in [6.45, 7) is 0. The zero-order valence-corrected chi connectivity index (χ0v) is 10.9. The van der Waals surface area contributed by atoms with Gasteiger partial charge in [-0.2, -0.15) is 0 Å². The molecule has 0 aliphatic carbocycles. The summed E-state index contributed by atoms with van der Waals surface area (Å²) in [6, 6.07) is 0. The van der Waals surface area contributed by atoms with Crippen LogP contribution in [0.3, 0.4) is 0 Å². The molecule has 0 saturated heterocycles. The Balaban J connectivity index is 0. The molecule has 0 bridgehead atoms. The fourth-order valence-corrected chi connectivity index (χ4v) is 0. The van der Waals surface area contributed by atoms with Crippen LogP contribution in [-0.2, 0) is 40.2 Å². The van der Waals surface area contributed by atoms with Crippen LogP contribution in [0.1, 0.15) is 0 Å². The van der Waals surface area contributed by atoms with E-state index in [2.05, 4.69) is 18.8 Å². The molecule has 0 radical (unpaired) electrons. The third-order valence-electron chi connectivity index (χ3n) is 0. The van der Waals surface area contributed by atoms with Gasteiger partial charge in [0.05, 0.1) is 0 Å². The number of hydrogen-bond acceptors (Lipinski definition) is 2. The van der Waals surface area contributed by atoms with E-state index in [1.54, 1.807) is 0 Å². The molecule has 0 aliphatic rings. The molecule has 0 spiro atoms. The molecule has 0 aromatic rings. The van der Waals surface area contributed by atoms with E-state index in [4.69, 9.17) is 0 Å². The molecular formula is CdS2Zn. The minimum absolute atomic E-state index is 0.733. The Morgan fingerprint density at radius 2 is 1.25 bits per heavy atom. The second-order valence-corrected chi connectivity index (χ2v) is 0. The molecule has 0 aromatic heterocycles. The summed E-state index contributed by atoms with van der Waals surface area (Å²) >= 11 is 1.69. The molecule has 0 aliphatic heterocycles. The van der Waals surface area contributed by atoms with Crippen molar-refractivity contribution >= 4 is 18.8 Å². The van der Waals surface area contributed by atoms with Crippen LogP contribution in [0.2, 0.25) is 0 Å². The molecule has 0 unspecified atom stereocenters. The van der Waals surface area contributed by atoms with E-state index in [0.29, 0.717) is 0 Å². The SMILES string of the molecule is [S]=[Cd].[S]=[Zn]. The van der Waals surface area contributed by atoms with Gasteiger partial charge in [0.2, 0.25) is 0 Å². The summed E-state index contributed by atoms with van der Waals surface area (Å²) in [5, 5.41) is 0. The Bertz CT molecular complexity index is 8.00. The average Bonchev–Trinajstić information content (AvgIpc) is 1.50. The van der Waals surface area contributed by atoms with Crippen LogP contribution >= 0.6 is 18.8 Å². The monoisotopic (exact) mass is 242 g/mol. The summed E-state index contributed by atoms with van der Waals surface area (Å²) < 4.78 is 0. The van der Waals surface area contributed by atoms with Crippen molar-refractivity contribution in [3.63, 3.8) is 0 Å². The first-order valence-corrected chi connectivity index (χ1v) is 10.3. The Kier molecular flexibility index (Phi) is 47.0. The Labute approximate surface area is 58.2 Å². The van der Waals surface area contributed by atoms with Crippen molar-refractivity contribution in [1.82, 2.24) is 0 Å². The summed E-state index contributed by atoms with van der Waals surface area (Å²) in [6.07, 6.45) is 0.